The van der Waals surface area contributed by atoms with E-state index in [1.165, 1.54) is 0 Å². The first-order valence-electron chi connectivity index (χ1n) is 9.25. The van der Waals surface area contributed by atoms with E-state index in [4.69, 9.17) is 0 Å². The molecule has 0 atom stereocenters. The van der Waals surface area contributed by atoms with Crippen LogP contribution in [0, 0.1) is 0 Å². The lowest BCUT2D eigenvalue weighted by molar-refractivity contribution is -0.143. The van der Waals surface area contributed by atoms with Crippen LogP contribution in [0.25, 0.3) is 0 Å². The fourth-order valence-corrected chi connectivity index (χ4v) is 5.28. The zero-order chi connectivity index (χ0) is 26.4. The average molecular weight is 535 g/mol. The van der Waals surface area contributed by atoms with Gasteiger partial charge in [-0.2, -0.15) is 52.7 Å². The summed E-state index contributed by atoms with van der Waals surface area (Å²) in [5.74, 6) is 0. The smallest absolute Gasteiger partial charge is 0.166 e. The van der Waals surface area contributed by atoms with Crippen molar-refractivity contribution in [3.63, 3.8) is 0 Å². The molecule has 35 heavy (non-hydrogen) atoms. The van der Waals surface area contributed by atoms with E-state index in [0.29, 0.717) is 36.4 Å². The number of hydrogen-bond donors (Lipinski definition) is 0. The highest BCUT2D eigenvalue weighted by Crippen LogP contribution is 2.42. The van der Waals surface area contributed by atoms with Gasteiger partial charge in [0.2, 0.25) is 0 Å². The Hall–Kier alpha value is -2.83. The van der Waals surface area contributed by atoms with Crippen LogP contribution >= 0.6 is 0 Å². The Morgan fingerprint density at radius 1 is 0.371 bits per heavy atom. The topological polar surface area (TPSA) is 0 Å². The molecule has 0 saturated carbocycles. The predicted octanol–water partition coefficient (Wildman–Crippen LogP) is 8.86. The van der Waals surface area contributed by atoms with E-state index in [1.54, 1.807) is 0 Å². The zero-order valence-corrected chi connectivity index (χ0v) is 17.6. The summed E-state index contributed by atoms with van der Waals surface area (Å²) in [5.41, 5.74) is -6.05. The number of benzene rings is 3. The Balaban J connectivity index is 2.36. The molecule has 0 aliphatic heterocycles. The normalized spacial score (nSPS) is 13.4. The van der Waals surface area contributed by atoms with Crippen molar-refractivity contribution in [2.75, 3.05) is 0 Å². The molecule has 3 aromatic carbocycles. The lowest BCUT2D eigenvalue weighted by Crippen LogP contribution is -2.15. The van der Waals surface area contributed by atoms with Crippen LogP contribution in [0.1, 0.15) is 22.3 Å². The fraction of sp³-hybridized carbons (Fsp3) is 0.182. The van der Waals surface area contributed by atoms with Crippen LogP contribution < -0.4 is 0 Å². The second-order valence-corrected chi connectivity index (χ2v) is 9.13. The van der Waals surface area contributed by atoms with Crippen molar-refractivity contribution in [3.05, 3.63) is 89.0 Å². The Bertz CT molecular complexity index is 1110. The Kier molecular flexibility index (Phi) is 6.88. The summed E-state index contributed by atoms with van der Waals surface area (Å²) in [6, 6.07) is 6.32. The first-order valence-corrected chi connectivity index (χ1v) is 10.5. The Morgan fingerprint density at radius 3 is 1.00 bits per heavy atom. The van der Waals surface area contributed by atoms with Gasteiger partial charge in [-0.25, -0.2) is 0 Å². The monoisotopic (exact) mass is 535 g/mol. The lowest BCUT2D eigenvalue weighted by atomic mass is 10.1. The molecule has 0 N–H and O–H groups in total. The highest BCUT2D eigenvalue weighted by atomic mass is 32.2. The summed E-state index contributed by atoms with van der Waals surface area (Å²) in [7, 11) is -2.20. The molecule has 0 saturated heterocycles. The van der Waals surface area contributed by atoms with Crippen molar-refractivity contribution in [3.8, 4) is 0 Å². The molecule has 0 amide bonds. The van der Waals surface area contributed by atoms with E-state index < -0.39 is 72.5 Å². The first kappa shape index (κ1) is 26.8. The molecule has 0 aromatic heterocycles. The molecule has 188 valence electrons. The van der Waals surface area contributed by atoms with Crippen LogP contribution in [0.3, 0.4) is 0 Å². The van der Waals surface area contributed by atoms with Gasteiger partial charge in [0.05, 0.1) is 33.1 Å². The molecular weight excluding hydrogens is 524 g/mol. The summed E-state index contributed by atoms with van der Waals surface area (Å²) < 4.78 is 160. The van der Waals surface area contributed by atoms with Gasteiger partial charge in [-0.15, -0.1) is 0 Å². The molecule has 0 bridgehead atoms. The van der Waals surface area contributed by atoms with Gasteiger partial charge >= 0.3 is 24.7 Å². The lowest BCUT2D eigenvalue weighted by Gasteiger charge is -2.16. The molecule has 3 rings (SSSR count). The van der Waals surface area contributed by atoms with Crippen molar-refractivity contribution < 1.29 is 52.7 Å². The number of rotatable bonds is 3. The average Bonchev–Trinajstić information content (AvgIpc) is 2.72. The molecule has 0 aliphatic carbocycles. The molecule has 0 unspecified atom stereocenters. The molecule has 0 spiro atoms. The summed E-state index contributed by atoms with van der Waals surface area (Å²) in [5, 5.41) is 0. The van der Waals surface area contributed by atoms with Gasteiger partial charge in [-0.1, -0.05) is 12.1 Å². The maximum absolute atomic E-state index is 13.4. The molecule has 0 radical (unpaired) electrons. The van der Waals surface area contributed by atoms with E-state index in [9.17, 15) is 52.7 Å². The van der Waals surface area contributed by atoms with E-state index >= 15 is 0 Å². The number of alkyl halides is 12. The van der Waals surface area contributed by atoms with Crippen molar-refractivity contribution in [1.82, 2.24) is 0 Å². The van der Waals surface area contributed by atoms with Crippen LogP contribution in [-0.4, -0.2) is 0 Å². The van der Waals surface area contributed by atoms with Crippen molar-refractivity contribution in [2.24, 2.45) is 0 Å². The SMILES string of the molecule is FC(F)(F)c1cccc([S+](c2cccc(C(F)(F)F)c2)c2cc(C(F)(F)F)cc(C(F)(F)F)c2)c1. The molecular formula is C22H11F12S+. The van der Waals surface area contributed by atoms with Crippen molar-refractivity contribution >= 4 is 10.9 Å². The van der Waals surface area contributed by atoms with Crippen LogP contribution in [-0.2, 0) is 35.6 Å². The Labute approximate surface area is 192 Å². The minimum atomic E-state index is -5.27. The summed E-state index contributed by atoms with van der Waals surface area (Å²) in [4.78, 5) is -1.61. The van der Waals surface area contributed by atoms with Gasteiger partial charge in [0, 0.05) is 24.3 Å². The maximum Gasteiger partial charge on any atom is 0.416 e. The molecule has 0 fully saturated rings. The third-order valence-corrected chi connectivity index (χ3v) is 6.75. The van der Waals surface area contributed by atoms with Crippen LogP contribution in [0.15, 0.2) is 81.4 Å². The summed E-state index contributed by atoms with van der Waals surface area (Å²) >= 11 is 0. The van der Waals surface area contributed by atoms with Crippen LogP contribution in [0.4, 0.5) is 52.7 Å². The van der Waals surface area contributed by atoms with Gasteiger partial charge in [0.15, 0.2) is 14.7 Å². The van der Waals surface area contributed by atoms with Gasteiger partial charge < -0.3 is 0 Å². The van der Waals surface area contributed by atoms with Gasteiger partial charge in [-0.3, -0.25) is 0 Å². The minimum Gasteiger partial charge on any atom is -0.166 e. The maximum atomic E-state index is 13.4. The highest BCUT2D eigenvalue weighted by Gasteiger charge is 2.42. The summed E-state index contributed by atoms with van der Waals surface area (Å²) in [6.07, 6.45) is -20.4. The molecule has 13 heteroatoms. The van der Waals surface area contributed by atoms with Crippen LogP contribution in [0.2, 0.25) is 0 Å². The molecule has 3 aromatic rings. The first-order chi connectivity index (χ1) is 15.9. The standard InChI is InChI=1S/C22H11F12S/c23-19(24,25)12-3-1-5-16(8-12)35(17-6-2-4-13(9-17)20(26,27)28)18-10-14(21(29,30)31)7-15(11-18)22(32,33)34/h1-11H/q+1. The van der Waals surface area contributed by atoms with E-state index in [2.05, 4.69) is 0 Å². The summed E-state index contributed by atoms with van der Waals surface area (Å²) in [6.45, 7) is 0. The van der Waals surface area contributed by atoms with E-state index in [-0.39, 0.29) is 6.07 Å². The van der Waals surface area contributed by atoms with Crippen LogP contribution in [0.5, 0.6) is 0 Å². The van der Waals surface area contributed by atoms with Crippen molar-refractivity contribution in [2.45, 2.75) is 39.4 Å². The van der Waals surface area contributed by atoms with Crippen molar-refractivity contribution in [1.29, 1.82) is 0 Å². The zero-order valence-electron chi connectivity index (χ0n) is 16.8. The Morgan fingerprint density at radius 2 is 0.686 bits per heavy atom. The number of hydrogen-bond acceptors (Lipinski definition) is 0. The fourth-order valence-electron chi connectivity index (χ4n) is 3.05. The molecule has 0 heterocycles. The second-order valence-electron chi connectivity index (χ2n) is 7.10. The third kappa shape index (κ3) is 6.24. The molecule has 0 aliphatic rings. The second kappa shape index (κ2) is 8.99. The minimum absolute atomic E-state index is 0.177. The third-order valence-electron chi connectivity index (χ3n) is 4.59. The predicted molar refractivity (Wildman–Crippen MR) is 101 cm³/mol. The number of halogens is 12. The van der Waals surface area contributed by atoms with E-state index in [0.717, 1.165) is 24.3 Å². The largest absolute Gasteiger partial charge is 0.416 e. The quantitative estimate of drug-likeness (QED) is 0.232. The van der Waals surface area contributed by atoms with Gasteiger partial charge in [-0.05, 0) is 30.3 Å². The van der Waals surface area contributed by atoms with Gasteiger partial charge in [0.1, 0.15) is 0 Å². The van der Waals surface area contributed by atoms with E-state index in [1.807, 2.05) is 0 Å². The van der Waals surface area contributed by atoms with Gasteiger partial charge in [0.25, 0.3) is 0 Å². The molecule has 0 nitrogen and oxygen atoms in total. The highest BCUT2D eigenvalue weighted by molar-refractivity contribution is 7.97.